The van der Waals surface area contributed by atoms with E-state index in [2.05, 4.69) is 5.32 Å². The maximum absolute atomic E-state index is 12.4. The van der Waals surface area contributed by atoms with Crippen molar-refractivity contribution in [3.63, 3.8) is 0 Å². The van der Waals surface area contributed by atoms with E-state index < -0.39 is 17.3 Å². The first-order chi connectivity index (χ1) is 12.7. The predicted molar refractivity (Wildman–Crippen MR) is 100.0 cm³/mol. The fourth-order valence-corrected chi connectivity index (χ4v) is 3.86. The molecule has 1 spiro atoms. The molecule has 1 aromatic carbocycles. The Labute approximate surface area is 160 Å². The number of carbonyl (C=O) groups excluding carboxylic acids is 2. The van der Waals surface area contributed by atoms with Crippen molar-refractivity contribution >= 4 is 12.2 Å². The van der Waals surface area contributed by atoms with Gasteiger partial charge in [0.2, 0.25) is 0 Å². The molecule has 2 saturated heterocycles. The molecule has 2 heterocycles. The SMILES string of the molecule is COc1ccccc1[C@H]1CNC(=O)OC12CCN(C(=O)OC(C)(C)C)CC2. The van der Waals surface area contributed by atoms with Gasteiger partial charge in [0.1, 0.15) is 17.0 Å². The van der Waals surface area contributed by atoms with Gasteiger partial charge in [-0.05, 0) is 26.8 Å². The van der Waals surface area contributed by atoms with Crippen LogP contribution in [0.15, 0.2) is 24.3 Å². The number of benzene rings is 1. The summed E-state index contributed by atoms with van der Waals surface area (Å²) in [5.41, 5.74) is -0.186. The van der Waals surface area contributed by atoms with E-state index in [4.69, 9.17) is 14.2 Å². The zero-order valence-corrected chi connectivity index (χ0v) is 16.4. The number of para-hydroxylation sites is 1. The topological polar surface area (TPSA) is 77.1 Å². The van der Waals surface area contributed by atoms with Gasteiger partial charge < -0.3 is 24.4 Å². The number of likely N-dealkylation sites (tertiary alicyclic amines) is 1. The number of nitrogens with one attached hydrogen (secondary N) is 1. The first-order valence-electron chi connectivity index (χ1n) is 9.32. The normalized spacial score (nSPS) is 22.0. The molecule has 2 aliphatic heterocycles. The second-order valence-electron chi connectivity index (χ2n) is 8.10. The van der Waals surface area contributed by atoms with Crippen molar-refractivity contribution in [2.45, 2.75) is 50.7 Å². The molecule has 148 valence electrons. The average Bonchev–Trinajstić information content (AvgIpc) is 2.61. The maximum Gasteiger partial charge on any atom is 0.410 e. The minimum atomic E-state index is -0.657. The number of ether oxygens (including phenoxy) is 3. The highest BCUT2D eigenvalue weighted by molar-refractivity contribution is 5.70. The molecule has 0 aromatic heterocycles. The lowest BCUT2D eigenvalue weighted by atomic mass is 9.74. The van der Waals surface area contributed by atoms with Gasteiger partial charge in [-0.3, -0.25) is 0 Å². The Bertz CT molecular complexity index is 705. The summed E-state index contributed by atoms with van der Waals surface area (Å²) in [5.74, 6) is 0.725. The molecule has 2 aliphatic rings. The molecule has 2 amide bonds. The van der Waals surface area contributed by atoms with Crippen LogP contribution in [0.1, 0.15) is 45.1 Å². The van der Waals surface area contributed by atoms with Crippen molar-refractivity contribution in [2.24, 2.45) is 0 Å². The second kappa shape index (κ2) is 7.29. The van der Waals surface area contributed by atoms with E-state index in [1.165, 1.54) is 0 Å². The number of methoxy groups -OCH3 is 1. The lowest BCUT2D eigenvalue weighted by Crippen LogP contribution is -2.58. The van der Waals surface area contributed by atoms with Crippen LogP contribution in [0.3, 0.4) is 0 Å². The third-order valence-electron chi connectivity index (χ3n) is 5.16. The Morgan fingerprint density at radius 3 is 2.56 bits per heavy atom. The summed E-state index contributed by atoms with van der Waals surface area (Å²) >= 11 is 0. The number of alkyl carbamates (subject to hydrolysis) is 1. The Morgan fingerprint density at radius 2 is 1.93 bits per heavy atom. The van der Waals surface area contributed by atoms with Crippen molar-refractivity contribution in [3.05, 3.63) is 29.8 Å². The van der Waals surface area contributed by atoms with E-state index in [1.54, 1.807) is 12.0 Å². The molecule has 0 aliphatic carbocycles. The zero-order valence-electron chi connectivity index (χ0n) is 16.4. The van der Waals surface area contributed by atoms with Gasteiger partial charge in [0, 0.05) is 44.0 Å². The van der Waals surface area contributed by atoms with Gasteiger partial charge in [-0.1, -0.05) is 18.2 Å². The van der Waals surface area contributed by atoms with Crippen LogP contribution in [0.4, 0.5) is 9.59 Å². The standard InChI is InChI=1S/C20H28N2O5/c1-19(2,3)27-18(24)22-11-9-20(10-12-22)15(13-21-17(23)26-20)14-7-5-6-8-16(14)25-4/h5-8,15H,9-13H2,1-4H3,(H,21,23)/t15-/m1/s1. The first kappa shape index (κ1) is 19.3. The molecular formula is C20H28N2O5. The van der Waals surface area contributed by atoms with Crippen LogP contribution in [-0.4, -0.2) is 55.0 Å². The zero-order chi connectivity index (χ0) is 19.7. The van der Waals surface area contributed by atoms with E-state index in [-0.39, 0.29) is 12.0 Å². The lowest BCUT2D eigenvalue weighted by molar-refractivity contribution is -0.0709. The van der Waals surface area contributed by atoms with Crippen LogP contribution >= 0.6 is 0 Å². The summed E-state index contributed by atoms with van der Waals surface area (Å²) in [6.45, 7) is 6.99. The molecule has 27 heavy (non-hydrogen) atoms. The Balaban J connectivity index is 1.80. The van der Waals surface area contributed by atoms with Gasteiger partial charge in [0.05, 0.1) is 7.11 Å². The molecule has 1 aromatic rings. The molecule has 0 unspecified atom stereocenters. The number of piperidine rings is 1. The molecular weight excluding hydrogens is 348 g/mol. The Morgan fingerprint density at radius 1 is 1.26 bits per heavy atom. The molecule has 0 radical (unpaired) electrons. The quantitative estimate of drug-likeness (QED) is 0.857. The third-order valence-corrected chi connectivity index (χ3v) is 5.16. The third kappa shape index (κ3) is 4.12. The summed E-state index contributed by atoms with van der Waals surface area (Å²) < 4.78 is 16.8. The van der Waals surface area contributed by atoms with Gasteiger partial charge in [-0.2, -0.15) is 0 Å². The van der Waals surface area contributed by atoms with Crippen LogP contribution in [0, 0.1) is 0 Å². The maximum atomic E-state index is 12.4. The number of amides is 2. The fourth-order valence-electron chi connectivity index (χ4n) is 3.86. The molecule has 3 rings (SSSR count). The summed E-state index contributed by atoms with van der Waals surface area (Å²) in [7, 11) is 1.64. The van der Waals surface area contributed by atoms with Gasteiger partial charge in [0.15, 0.2) is 0 Å². The monoisotopic (exact) mass is 376 g/mol. The average molecular weight is 376 g/mol. The Hall–Kier alpha value is -2.44. The van der Waals surface area contributed by atoms with Crippen molar-refractivity contribution in [3.8, 4) is 5.75 Å². The summed E-state index contributed by atoms with van der Waals surface area (Å²) in [6.07, 6.45) is 0.378. The van der Waals surface area contributed by atoms with Crippen molar-refractivity contribution in [2.75, 3.05) is 26.7 Å². The molecule has 1 atom stereocenters. The number of carbonyl (C=O) groups is 2. The predicted octanol–water partition coefficient (Wildman–Crippen LogP) is 3.29. The van der Waals surface area contributed by atoms with Gasteiger partial charge >= 0.3 is 12.2 Å². The summed E-state index contributed by atoms with van der Waals surface area (Å²) in [5, 5.41) is 2.80. The van der Waals surface area contributed by atoms with Gasteiger partial charge in [-0.15, -0.1) is 0 Å². The van der Waals surface area contributed by atoms with E-state index >= 15 is 0 Å². The highest BCUT2D eigenvalue weighted by Crippen LogP contribution is 2.44. The van der Waals surface area contributed by atoms with Crippen LogP contribution in [0.25, 0.3) is 0 Å². The molecule has 7 nitrogen and oxygen atoms in total. The highest BCUT2D eigenvalue weighted by Gasteiger charge is 2.50. The van der Waals surface area contributed by atoms with Crippen LogP contribution in [0.5, 0.6) is 5.75 Å². The minimum absolute atomic E-state index is 0.0489. The second-order valence-corrected chi connectivity index (χ2v) is 8.10. The Kier molecular flexibility index (Phi) is 5.22. The lowest BCUT2D eigenvalue weighted by Gasteiger charge is -2.48. The largest absolute Gasteiger partial charge is 0.496 e. The summed E-state index contributed by atoms with van der Waals surface area (Å²) in [6, 6.07) is 7.79. The molecule has 0 bridgehead atoms. The van der Waals surface area contributed by atoms with Crippen LogP contribution < -0.4 is 10.1 Å². The number of hydrogen-bond acceptors (Lipinski definition) is 5. The number of hydrogen-bond donors (Lipinski definition) is 1. The summed E-state index contributed by atoms with van der Waals surface area (Å²) in [4.78, 5) is 26.1. The highest BCUT2D eigenvalue weighted by atomic mass is 16.6. The number of rotatable bonds is 2. The molecule has 1 N–H and O–H groups in total. The van der Waals surface area contributed by atoms with Crippen LogP contribution in [0.2, 0.25) is 0 Å². The van der Waals surface area contributed by atoms with Crippen LogP contribution in [-0.2, 0) is 9.47 Å². The van der Waals surface area contributed by atoms with E-state index in [1.807, 2.05) is 45.0 Å². The smallest absolute Gasteiger partial charge is 0.410 e. The molecule has 0 saturated carbocycles. The number of nitrogens with zero attached hydrogens (tertiary/aromatic N) is 1. The van der Waals surface area contributed by atoms with E-state index in [0.29, 0.717) is 32.5 Å². The van der Waals surface area contributed by atoms with Gasteiger partial charge in [-0.25, -0.2) is 9.59 Å². The van der Waals surface area contributed by atoms with Crippen molar-refractivity contribution in [1.29, 1.82) is 0 Å². The minimum Gasteiger partial charge on any atom is -0.496 e. The molecule has 2 fully saturated rings. The van der Waals surface area contributed by atoms with E-state index in [0.717, 1.165) is 11.3 Å². The van der Waals surface area contributed by atoms with E-state index in [9.17, 15) is 9.59 Å². The first-order valence-corrected chi connectivity index (χ1v) is 9.32. The fraction of sp³-hybridized carbons (Fsp3) is 0.600. The van der Waals surface area contributed by atoms with Gasteiger partial charge in [0.25, 0.3) is 0 Å². The van der Waals surface area contributed by atoms with Crippen molar-refractivity contribution < 1.29 is 23.8 Å². The molecule has 7 heteroatoms. The van der Waals surface area contributed by atoms with Crippen molar-refractivity contribution in [1.82, 2.24) is 10.2 Å².